The van der Waals surface area contributed by atoms with Crippen LogP contribution in [0, 0.1) is 0 Å². The van der Waals surface area contributed by atoms with E-state index in [2.05, 4.69) is 9.32 Å². The largest absolute Gasteiger partial charge is 0.416 e. The third kappa shape index (κ3) is 4.33. The van der Waals surface area contributed by atoms with Crippen LogP contribution in [-0.4, -0.2) is 8.42 Å². The van der Waals surface area contributed by atoms with Crippen LogP contribution in [0.5, 0.6) is 0 Å². The van der Waals surface area contributed by atoms with E-state index in [0.29, 0.717) is 0 Å². The van der Waals surface area contributed by atoms with E-state index in [1.807, 2.05) is 0 Å². The van der Waals surface area contributed by atoms with Gasteiger partial charge in [-0.3, -0.25) is 4.18 Å². The second kappa shape index (κ2) is 4.63. The Morgan fingerprint density at radius 1 is 1.24 bits per heavy atom. The van der Waals surface area contributed by atoms with Crippen molar-refractivity contribution in [1.82, 2.24) is 0 Å². The quantitative estimate of drug-likeness (QED) is 0.912. The predicted molar refractivity (Wildman–Crippen MR) is 54.1 cm³/mol. The van der Waals surface area contributed by atoms with Crippen molar-refractivity contribution in [3.63, 3.8) is 0 Å². The van der Waals surface area contributed by atoms with Gasteiger partial charge in [-0.15, -0.1) is 0 Å². The summed E-state index contributed by atoms with van der Waals surface area (Å²) in [5, 5.41) is 4.64. The van der Waals surface area contributed by atoms with Crippen molar-refractivity contribution in [2.75, 3.05) is 0 Å². The highest BCUT2D eigenvalue weighted by Gasteiger charge is 2.30. The average molecular weight is 269 g/mol. The number of hydrogen-bond donors (Lipinski definition) is 1. The number of rotatable bonds is 3. The zero-order chi connectivity index (χ0) is 13.3. The molecule has 1 rings (SSSR count). The summed E-state index contributed by atoms with van der Waals surface area (Å²) in [4.78, 5) is 0. The summed E-state index contributed by atoms with van der Waals surface area (Å²) in [5.41, 5.74) is -0.531. The molecule has 0 amide bonds. The third-order valence-electron chi connectivity index (χ3n) is 1.99. The Balaban J connectivity index is 2.88. The van der Waals surface area contributed by atoms with Crippen LogP contribution in [0.25, 0.3) is 0 Å². The molecule has 1 aromatic rings. The smallest absolute Gasteiger partial charge is 0.250 e. The first-order chi connectivity index (χ1) is 7.59. The van der Waals surface area contributed by atoms with E-state index in [1.165, 1.54) is 6.92 Å². The Labute approximate surface area is 96.4 Å². The minimum absolute atomic E-state index is 0.284. The molecule has 4 nitrogen and oxygen atoms in total. The molecule has 0 bridgehead atoms. The highest BCUT2D eigenvalue weighted by atomic mass is 32.2. The van der Waals surface area contributed by atoms with Crippen molar-refractivity contribution in [2.45, 2.75) is 19.2 Å². The second-order valence-corrected chi connectivity index (χ2v) is 4.53. The summed E-state index contributed by atoms with van der Waals surface area (Å²) in [7, 11) is -4.13. The average Bonchev–Trinajstić information content (AvgIpc) is 2.14. The summed E-state index contributed by atoms with van der Waals surface area (Å²) >= 11 is 0. The lowest BCUT2D eigenvalue weighted by Crippen LogP contribution is -2.18. The zero-order valence-electron chi connectivity index (χ0n) is 8.73. The highest BCUT2D eigenvalue weighted by Crippen LogP contribution is 2.30. The van der Waals surface area contributed by atoms with E-state index >= 15 is 0 Å². The number of hydrogen-bond acceptors (Lipinski definition) is 3. The Bertz CT molecular complexity index is 481. The molecule has 8 heteroatoms. The number of nitrogens with two attached hydrogens (primary N) is 1. The van der Waals surface area contributed by atoms with Crippen molar-refractivity contribution in [3.05, 3.63) is 35.4 Å². The van der Waals surface area contributed by atoms with Crippen LogP contribution >= 0.6 is 0 Å². The summed E-state index contributed by atoms with van der Waals surface area (Å²) in [5.74, 6) is 0. The van der Waals surface area contributed by atoms with Crippen LogP contribution in [0.2, 0.25) is 0 Å². The minimum atomic E-state index is -4.43. The molecule has 1 unspecified atom stereocenters. The van der Waals surface area contributed by atoms with Crippen LogP contribution in [0.3, 0.4) is 0 Å². The van der Waals surface area contributed by atoms with Crippen LogP contribution in [-0.2, 0) is 20.7 Å². The van der Waals surface area contributed by atoms with E-state index in [-0.39, 0.29) is 5.56 Å². The van der Waals surface area contributed by atoms with Gasteiger partial charge in [0.2, 0.25) is 0 Å². The zero-order valence-corrected chi connectivity index (χ0v) is 9.55. The van der Waals surface area contributed by atoms with Gasteiger partial charge < -0.3 is 0 Å². The molecular weight excluding hydrogens is 259 g/mol. The van der Waals surface area contributed by atoms with Gasteiger partial charge in [0, 0.05) is 0 Å². The fraction of sp³-hybridized carbons (Fsp3) is 0.333. The normalized spacial score (nSPS) is 14.6. The second-order valence-electron chi connectivity index (χ2n) is 3.35. The van der Waals surface area contributed by atoms with Gasteiger partial charge in [0.05, 0.1) is 5.56 Å². The number of halogens is 3. The predicted octanol–water partition coefficient (Wildman–Crippen LogP) is 1.99. The first-order valence-corrected chi connectivity index (χ1v) is 5.95. The Hall–Kier alpha value is -1.12. The van der Waals surface area contributed by atoms with Gasteiger partial charge in [-0.25, -0.2) is 5.14 Å². The lowest BCUT2D eigenvalue weighted by Gasteiger charge is -2.12. The summed E-state index contributed by atoms with van der Waals surface area (Å²) < 4.78 is 62.4. The van der Waals surface area contributed by atoms with Gasteiger partial charge >= 0.3 is 16.5 Å². The van der Waals surface area contributed by atoms with Crippen LogP contribution in [0.15, 0.2) is 24.3 Å². The van der Waals surface area contributed by atoms with Crippen molar-refractivity contribution < 1.29 is 25.8 Å². The first kappa shape index (κ1) is 13.9. The minimum Gasteiger partial charge on any atom is -0.250 e. The molecule has 0 aliphatic heterocycles. The lowest BCUT2D eigenvalue weighted by molar-refractivity contribution is -0.137. The molecular formula is C9H10F3NO3S. The van der Waals surface area contributed by atoms with E-state index in [4.69, 9.17) is 0 Å². The van der Waals surface area contributed by atoms with Crippen molar-refractivity contribution >= 4 is 10.3 Å². The Kier molecular flexibility index (Phi) is 3.80. The molecule has 1 aromatic carbocycles. The molecule has 0 heterocycles. The van der Waals surface area contributed by atoms with Crippen molar-refractivity contribution in [2.24, 2.45) is 5.14 Å². The maximum Gasteiger partial charge on any atom is 0.416 e. The van der Waals surface area contributed by atoms with Crippen LogP contribution in [0.4, 0.5) is 13.2 Å². The van der Waals surface area contributed by atoms with Gasteiger partial charge in [0.15, 0.2) is 0 Å². The summed E-state index contributed by atoms with van der Waals surface area (Å²) in [6.07, 6.45) is -5.37. The summed E-state index contributed by atoms with van der Waals surface area (Å²) in [6.45, 7) is 1.37. The van der Waals surface area contributed by atoms with Gasteiger partial charge in [0.1, 0.15) is 6.10 Å². The molecule has 96 valence electrons. The molecule has 0 aliphatic rings. The number of benzene rings is 1. The monoisotopic (exact) mass is 269 g/mol. The highest BCUT2D eigenvalue weighted by molar-refractivity contribution is 7.84. The molecule has 0 spiro atoms. The van der Waals surface area contributed by atoms with Gasteiger partial charge in [0.25, 0.3) is 0 Å². The first-order valence-electron chi connectivity index (χ1n) is 4.48. The van der Waals surface area contributed by atoms with Crippen molar-refractivity contribution in [3.8, 4) is 0 Å². The molecule has 17 heavy (non-hydrogen) atoms. The van der Waals surface area contributed by atoms with E-state index in [0.717, 1.165) is 24.3 Å². The van der Waals surface area contributed by atoms with E-state index < -0.39 is 28.1 Å². The summed E-state index contributed by atoms with van der Waals surface area (Å²) in [6, 6.07) is 3.97. The maximum absolute atomic E-state index is 12.2. The Morgan fingerprint density at radius 2 is 1.71 bits per heavy atom. The van der Waals surface area contributed by atoms with Gasteiger partial charge in [-0.2, -0.15) is 21.6 Å². The third-order valence-corrected chi connectivity index (χ3v) is 2.54. The van der Waals surface area contributed by atoms with Gasteiger partial charge in [-0.05, 0) is 24.6 Å². The SMILES string of the molecule is CC(OS(N)(=O)=O)c1ccc(C(F)(F)F)cc1. The van der Waals surface area contributed by atoms with Crippen LogP contribution in [0.1, 0.15) is 24.2 Å². The maximum atomic E-state index is 12.2. The van der Waals surface area contributed by atoms with E-state index in [1.54, 1.807) is 0 Å². The fourth-order valence-corrected chi connectivity index (χ4v) is 1.71. The molecule has 0 aromatic heterocycles. The topological polar surface area (TPSA) is 69.4 Å². The lowest BCUT2D eigenvalue weighted by atomic mass is 10.1. The molecule has 0 saturated carbocycles. The molecule has 0 radical (unpaired) electrons. The molecule has 1 atom stereocenters. The number of alkyl halides is 3. The molecule has 2 N–H and O–H groups in total. The standard InChI is InChI=1S/C9H10F3NO3S/c1-6(16-17(13,14)15)7-2-4-8(5-3-7)9(10,11)12/h2-6H,1H3,(H2,13,14,15). The van der Waals surface area contributed by atoms with Gasteiger partial charge in [-0.1, -0.05) is 12.1 Å². The Morgan fingerprint density at radius 3 is 2.06 bits per heavy atom. The molecule has 0 saturated heterocycles. The molecule has 0 fully saturated rings. The van der Waals surface area contributed by atoms with Crippen LogP contribution < -0.4 is 5.14 Å². The fourth-order valence-electron chi connectivity index (χ4n) is 1.20. The van der Waals surface area contributed by atoms with Crippen molar-refractivity contribution in [1.29, 1.82) is 0 Å². The molecule has 0 aliphatic carbocycles. The van der Waals surface area contributed by atoms with E-state index in [9.17, 15) is 21.6 Å².